The van der Waals surface area contributed by atoms with Crippen molar-refractivity contribution in [2.75, 3.05) is 19.6 Å². The summed E-state index contributed by atoms with van der Waals surface area (Å²) in [5, 5.41) is 1.24. The number of carbonyl (C=O) groups is 2. The first-order valence-corrected chi connectivity index (χ1v) is 13.1. The van der Waals surface area contributed by atoms with Gasteiger partial charge in [0.25, 0.3) is 5.91 Å². The van der Waals surface area contributed by atoms with Gasteiger partial charge in [-0.2, -0.15) is 0 Å². The molecule has 0 radical (unpaired) electrons. The molecule has 3 heterocycles. The number of amides is 3. The Balaban J connectivity index is 1.22. The zero-order valence-corrected chi connectivity index (χ0v) is 21.0. The van der Waals surface area contributed by atoms with E-state index in [2.05, 4.69) is 46.4 Å². The van der Waals surface area contributed by atoms with Gasteiger partial charge in [-0.05, 0) is 42.0 Å². The molecule has 0 aliphatic carbocycles. The fourth-order valence-electron chi connectivity index (χ4n) is 5.95. The minimum absolute atomic E-state index is 0.0406. The van der Waals surface area contributed by atoms with Crippen LogP contribution in [0.25, 0.3) is 10.9 Å². The molecule has 2 fully saturated rings. The van der Waals surface area contributed by atoms with Gasteiger partial charge < -0.3 is 9.88 Å². The molecule has 0 unspecified atom stereocenters. The first-order chi connectivity index (χ1) is 18.1. The molecule has 3 aromatic carbocycles. The molecule has 0 bridgehead atoms. The van der Waals surface area contributed by atoms with Crippen molar-refractivity contribution in [2.24, 2.45) is 0 Å². The third-order valence-electron chi connectivity index (χ3n) is 8.02. The summed E-state index contributed by atoms with van der Waals surface area (Å²) < 4.78 is 0. The standard InChI is InChI=1S/C31H32N4O2/c36-29-31(16-19-33(20-17-31)23-26-21-32-28-14-8-7-13-27(26)28)35(18-15-24-9-3-1-4-10-24)30(37)34(29)22-25-11-5-2-6-12-25/h1-14,21,32H,15-20,22-23H2. The zero-order chi connectivity index (χ0) is 25.2. The predicted octanol–water partition coefficient (Wildman–Crippen LogP) is 5.21. The van der Waals surface area contributed by atoms with E-state index in [1.54, 1.807) is 0 Å². The van der Waals surface area contributed by atoms with Gasteiger partial charge in [0.05, 0.1) is 6.54 Å². The number of para-hydroxylation sites is 1. The largest absolute Gasteiger partial charge is 0.361 e. The molecule has 37 heavy (non-hydrogen) atoms. The van der Waals surface area contributed by atoms with E-state index in [1.807, 2.05) is 59.5 Å². The average Bonchev–Trinajstić information content (AvgIpc) is 3.43. The maximum absolute atomic E-state index is 14.0. The Morgan fingerprint density at radius 1 is 0.757 bits per heavy atom. The third kappa shape index (κ3) is 4.42. The Morgan fingerprint density at radius 3 is 2.14 bits per heavy atom. The molecule has 0 saturated carbocycles. The van der Waals surface area contributed by atoms with Crippen LogP contribution in [0.4, 0.5) is 4.79 Å². The SMILES string of the molecule is O=C1N(Cc2ccccc2)C(=O)C2(CCN(Cc3c[nH]c4ccccc34)CC2)N1CCc1ccccc1. The van der Waals surface area contributed by atoms with E-state index in [0.29, 0.717) is 25.9 Å². The maximum atomic E-state index is 14.0. The van der Waals surface area contributed by atoms with Crippen molar-refractivity contribution in [3.63, 3.8) is 0 Å². The van der Waals surface area contributed by atoms with Crippen molar-refractivity contribution in [1.29, 1.82) is 0 Å². The van der Waals surface area contributed by atoms with Crippen molar-refractivity contribution >= 4 is 22.8 Å². The van der Waals surface area contributed by atoms with Gasteiger partial charge in [0.2, 0.25) is 0 Å². The second-order valence-electron chi connectivity index (χ2n) is 10.2. The summed E-state index contributed by atoms with van der Waals surface area (Å²) >= 11 is 0. The number of aromatic amines is 1. The summed E-state index contributed by atoms with van der Waals surface area (Å²) in [6, 6.07) is 28.2. The van der Waals surface area contributed by atoms with Crippen molar-refractivity contribution in [3.8, 4) is 0 Å². The van der Waals surface area contributed by atoms with Crippen LogP contribution in [0, 0.1) is 0 Å². The van der Waals surface area contributed by atoms with E-state index in [4.69, 9.17) is 0 Å². The summed E-state index contributed by atoms with van der Waals surface area (Å²) in [6.45, 7) is 3.25. The molecule has 6 heteroatoms. The molecule has 1 aromatic heterocycles. The van der Waals surface area contributed by atoms with Crippen LogP contribution < -0.4 is 0 Å². The van der Waals surface area contributed by atoms with Gasteiger partial charge in [0.15, 0.2) is 0 Å². The van der Waals surface area contributed by atoms with Gasteiger partial charge in [-0.25, -0.2) is 4.79 Å². The predicted molar refractivity (Wildman–Crippen MR) is 145 cm³/mol. The highest BCUT2D eigenvalue weighted by atomic mass is 16.2. The number of rotatable bonds is 7. The van der Waals surface area contributed by atoms with Crippen LogP contribution in [0.1, 0.15) is 29.5 Å². The smallest absolute Gasteiger partial charge is 0.328 e. The van der Waals surface area contributed by atoms with Gasteiger partial charge in [0.1, 0.15) is 5.54 Å². The molecule has 2 aliphatic rings. The Labute approximate surface area is 217 Å². The Hall–Kier alpha value is -3.90. The normalized spacial score (nSPS) is 17.8. The second kappa shape index (κ2) is 9.87. The molecule has 2 aliphatic heterocycles. The fraction of sp³-hybridized carbons (Fsp3) is 0.290. The van der Waals surface area contributed by atoms with Crippen molar-refractivity contribution in [2.45, 2.75) is 37.9 Å². The number of urea groups is 1. The molecule has 6 rings (SSSR count). The van der Waals surface area contributed by atoms with E-state index < -0.39 is 5.54 Å². The summed E-state index contributed by atoms with van der Waals surface area (Å²) in [7, 11) is 0. The second-order valence-corrected chi connectivity index (χ2v) is 10.2. The highest BCUT2D eigenvalue weighted by Crippen LogP contribution is 2.38. The van der Waals surface area contributed by atoms with Gasteiger partial charge in [-0.3, -0.25) is 14.6 Å². The van der Waals surface area contributed by atoms with Crippen LogP contribution >= 0.6 is 0 Å². The number of imide groups is 1. The molecule has 1 N–H and O–H groups in total. The number of fused-ring (bicyclic) bond motifs is 1. The molecule has 1 spiro atoms. The van der Waals surface area contributed by atoms with Crippen molar-refractivity contribution in [1.82, 2.24) is 19.7 Å². The highest BCUT2D eigenvalue weighted by molar-refractivity contribution is 6.07. The van der Waals surface area contributed by atoms with Gasteiger partial charge in [-0.1, -0.05) is 78.9 Å². The summed E-state index contributed by atoms with van der Waals surface area (Å²) in [5.74, 6) is -0.0406. The van der Waals surface area contributed by atoms with Crippen molar-refractivity contribution in [3.05, 3.63) is 108 Å². The number of aromatic nitrogens is 1. The first-order valence-electron chi connectivity index (χ1n) is 13.1. The average molecular weight is 493 g/mol. The van der Waals surface area contributed by atoms with Crippen LogP contribution in [0.3, 0.4) is 0 Å². The van der Waals surface area contributed by atoms with Crippen LogP contribution in [0.15, 0.2) is 91.1 Å². The monoisotopic (exact) mass is 492 g/mol. The van der Waals surface area contributed by atoms with E-state index in [0.717, 1.165) is 37.1 Å². The molecule has 6 nitrogen and oxygen atoms in total. The fourth-order valence-corrected chi connectivity index (χ4v) is 5.95. The maximum Gasteiger partial charge on any atom is 0.328 e. The van der Waals surface area contributed by atoms with Gasteiger partial charge >= 0.3 is 6.03 Å². The number of hydrogen-bond donors (Lipinski definition) is 1. The van der Waals surface area contributed by atoms with Crippen LogP contribution in [-0.4, -0.2) is 56.8 Å². The van der Waals surface area contributed by atoms with Crippen molar-refractivity contribution < 1.29 is 9.59 Å². The Morgan fingerprint density at radius 2 is 1.41 bits per heavy atom. The molecule has 188 valence electrons. The van der Waals surface area contributed by atoms with Gasteiger partial charge in [-0.15, -0.1) is 0 Å². The zero-order valence-electron chi connectivity index (χ0n) is 21.0. The number of benzene rings is 3. The molecule has 3 amide bonds. The number of H-pyrrole nitrogens is 1. The number of nitrogens with one attached hydrogen (secondary N) is 1. The highest BCUT2D eigenvalue weighted by Gasteiger charge is 2.57. The molecule has 2 saturated heterocycles. The topological polar surface area (TPSA) is 59.7 Å². The quantitative estimate of drug-likeness (QED) is 0.360. The Bertz CT molecular complexity index is 1390. The lowest BCUT2D eigenvalue weighted by Gasteiger charge is -2.42. The van der Waals surface area contributed by atoms with E-state index in [1.165, 1.54) is 21.4 Å². The number of hydrogen-bond acceptors (Lipinski definition) is 3. The summed E-state index contributed by atoms with van der Waals surface area (Å²) in [5.41, 5.74) is 3.80. The molecular weight excluding hydrogens is 460 g/mol. The number of piperidine rings is 1. The minimum Gasteiger partial charge on any atom is -0.361 e. The lowest BCUT2D eigenvalue weighted by molar-refractivity contribution is -0.136. The number of likely N-dealkylation sites (tertiary alicyclic amines) is 1. The third-order valence-corrected chi connectivity index (χ3v) is 8.02. The van der Waals surface area contributed by atoms with Crippen LogP contribution in [0.5, 0.6) is 0 Å². The van der Waals surface area contributed by atoms with E-state index in [9.17, 15) is 9.59 Å². The number of carbonyl (C=O) groups excluding carboxylic acids is 2. The molecular formula is C31H32N4O2. The van der Waals surface area contributed by atoms with Gasteiger partial charge in [0, 0.05) is 43.3 Å². The molecule has 0 atom stereocenters. The molecule has 4 aromatic rings. The van der Waals surface area contributed by atoms with Crippen LogP contribution in [0.2, 0.25) is 0 Å². The Kier molecular flexibility index (Phi) is 6.26. The van der Waals surface area contributed by atoms with E-state index in [-0.39, 0.29) is 11.9 Å². The summed E-state index contributed by atoms with van der Waals surface area (Å²) in [6.07, 6.45) is 4.13. The lowest BCUT2D eigenvalue weighted by Crippen LogP contribution is -2.56. The minimum atomic E-state index is -0.767. The lowest BCUT2D eigenvalue weighted by atomic mass is 9.85. The van der Waals surface area contributed by atoms with Crippen LogP contribution in [-0.2, 0) is 24.3 Å². The summed E-state index contributed by atoms with van der Waals surface area (Å²) in [4.78, 5) is 36.8. The first kappa shape index (κ1) is 23.5. The van der Waals surface area contributed by atoms with E-state index >= 15 is 0 Å². The number of nitrogens with zero attached hydrogens (tertiary/aromatic N) is 3.